The summed E-state index contributed by atoms with van der Waals surface area (Å²) in [5.74, 6) is 0. The maximum atomic E-state index is 11.3. The van der Waals surface area contributed by atoms with E-state index in [1.54, 1.807) is 18.4 Å². The van der Waals surface area contributed by atoms with Crippen LogP contribution in [0.4, 0.5) is 4.79 Å². The molecule has 7 nitrogen and oxygen atoms in total. The molecule has 28 heavy (non-hydrogen) atoms. The molecule has 148 valence electrons. The number of likely N-dealkylation sites (N-methyl/N-ethyl adjacent to an activating group) is 1. The third-order valence-electron chi connectivity index (χ3n) is 5.24. The molecule has 2 aliphatic heterocycles. The van der Waals surface area contributed by atoms with E-state index in [0.717, 1.165) is 36.3 Å². The monoisotopic (exact) mass is 419 g/mol. The van der Waals surface area contributed by atoms with Crippen molar-refractivity contribution in [3.63, 3.8) is 0 Å². The SMILES string of the molecule is CN(C(=O)O)C1CCN(N2C=C(NCc3cccs3)c3cc(Cl)ncc3C2)C1. The van der Waals surface area contributed by atoms with Gasteiger partial charge in [-0.2, -0.15) is 0 Å². The molecule has 0 aliphatic carbocycles. The number of carbonyl (C=O) groups is 1. The van der Waals surface area contributed by atoms with Crippen LogP contribution in [-0.2, 0) is 13.1 Å². The molecule has 0 saturated carbocycles. The summed E-state index contributed by atoms with van der Waals surface area (Å²) in [7, 11) is 1.64. The number of pyridine rings is 1. The van der Waals surface area contributed by atoms with Gasteiger partial charge in [-0.1, -0.05) is 17.7 Å². The van der Waals surface area contributed by atoms with E-state index in [1.165, 1.54) is 9.78 Å². The molecule has 1 amide bonds. The molecule has 1 unspecified atom stereocenters. The Labute approximate surface area is 172 Å². The molecular formula is C19H22ClN5O2S. The van der Waals surface area contributed by atoms with Crippen molar-refractivity contribution < 1.29 is 9.90 Å². The Kier molecular flexibility index (Phi) is 5.43. The van der Waals surface area contributed by atoms with Crippen LogP contribution in [0.3, 0.4) is 0 Å². The summed E-state index contributed by atoms with van der Waals surface area (Å²) in [5, 5.41) is 19.7. The lowest BCUT2D eigenvalue weighted by molar-refractivity contribution is 0.0314. The van der Waals surface area contributed by atoms with E-state index < -0.39 is 6.09 Å². The summed E-state index contributed by atoms with van der Waals surface area (Å²) in [5.41, 5.74) is 3.15. The molecule has 2 aliphatic rings. The van der Waals surface area contributed by atoms with Crippen molar-refractivity contribution in [3.05, 3.63) is 57.1 Å². The van der Waals surface area contributed by atoms with E-state index >= 15 is 0 Å². The van der Waals surface area contributed by atoms with Crippen LogP contribution in [0, 0.1) is 0 Å². The molecular weight excluding hydrogens is 398 g/mol. The smallest absolute Gasteiger partial charge is 0.407 e. The summed E-state index contributed by atoms with van der Waals surface area (Å²) in [6.45, 7) is 2.91. The van der Waals surface area contributed by atoms with Crippen molar-refractivity contribution >= 4 is 34.7 Å². The second-order valence-corrected chi connectivity index (χ2v) is 8.41. The van der Waals surface area contributed by atoms with Crippen molar-refractivity contribution in [1.29, 1.82) is 0 Å². The molecule has 0 aromatic carbocycles. The molecule has 2 N–H and O–H groups in total. The summed E-state index contributed by atoms with van der Waals surface area (Å²) in [6.07, 6.45) is 3.84. The molecule has 0 bridgehead atoms. The topological polar surface area (TPSA) is 71.9 Å². The van der Waals surface area contributed by atoms with E-state index in [0.29, 0.717) is 18.2 Å². The van der Waals surface area contributed by atoms with Crippen molar-refractivity contribution in [2.24, 2.45) is 0 Å². The first-order chi connectivity index (χ1) is 13.5. The molecule has 2 aromatic rings. The third kappa shape index (κ3) is 3.94. The van der Waals surface area contributed by atoms with E-state index in [4.69, 9.17) is 11.6 Å². The van der Waals surface area contributed by atoms with E-state index in [2.05, 4.69) is 38.0 Å². The van der Waals surface area contributed by atoms with Gasteiger partial charge in [-0.05, 0) is 23.9 Å². The normalized spacial score (nSPS) is 19.3. The van der Waals surface area contributed by atoms with Gasteiger partial charge in [0.15, 0.2) is 0 Å². The van der Waals surface area contributed by atoms with E-state index in [9.17, 15) is 9.90 Å². The number of nitrogens with zero attached hydrogens (tertiary/aromatic N) is 4. The number of halogens is 1. The number of thiophene rings is 1. The number of amides is 1. The predicted molar refractivity (Wildman–Crippen MR) is 110 cm³/mol. The van der Waals surface area contributed by atoms with Gasteiger partial charge < -0.3 is 20.3 Å². The fourth-order valence-electron chi connectivity index (χ4n) is 3.62. The molecule has 4 rings (SSSR count). The van der Waals surface area contributed by atoms with Crippen LogP contribution in [0.15, 0.2) is 36.0 Å². The van der Waals surface area contributed by atoms with Crippen LogP contribution in [0.25, 0.3) is 5.70 Å². The number of fused-ring (bicyclic) bond motifs is 1. The zero-order valence-corrected chi connectivity index (χ0v) is 17.1. The van der Waals surface area contributed by atoms with Crippen LogP contribution in [0.5, 0.6) is 0 Å². The first-order valence-corrected chi connectivity index (χ1v) is 10.4. The summed E-state index contributed by atoms with van der Waals surface area (Å²) >= 11 is 7.85. The Bertz CT molecular complexity index is 888. The maximum Gasteiger partial charge on any atom is 0.407 e. The first kappa shape index (κ1) is 19.0. The predicted octanol–water partition coefficient (Wildman–Crippen LogP) is 3.30. The van der Waals surface area contributed by atoms with Crippen molar-refractivity contribution in [2.75, 3.05) is 20.1 Å². The quantitative estimate of drug-likeness (QED) is 0.724. The molecule has 0 radical (unpaired) electrons. The van der Waals surface area contributed by atoms with Gasteiger partial charge in [0.05, 0.1) is 18.3 Å². The van der Waals surface area contributed by atoms with Gasteiger partial charge in [-0.25, -0.2) is 14.8 Å². The van der Waals surface area contributed by atoms with Crippen LogP contribution in [0.1, 0.15) is 22.4 Å². The number of hydrogen-bond donors (Lipinski definition) is 2. The lowest BCUT2D eigenvalue weighted by atomic mass is 10.0. The minimum atomic E-state index is -0.886. The fraction of sp³-hybridized carbons (Fsp3) is 0.368. The molecule has 1 saturated heterocycles. The van der Waals surface area contributed by atoms with E-state index in [1.807, 2.05) is 18.3 Å². The second-order valence-electron chi connectivity index (χ2n) is 6.99. The van der Waals surface area contributed by atoms with Crippen LogP contribution in [-0.4, -0.2) is 57.3 Å². The van der Waals surface area contributed by atoms with Gasteiger partial charge in [0, 0.05) is 55.1 Å². The highest BCUT2D eigenvalue weighted by Gasteiger charge is 2.32. The number of hydrazine groups is 1. The maximum absolute atomic E-state index is 11.3. The van der Waals surface area contributed by atoms with Crippen molar-refractivity contribution in [1.82, 2.24) is 25.2 Å². The summed E-state index contributed by atoms with van der Waals surface area (Å²) in [4.78, 5) is 18.2. The van der Waals surface area contributed by atoms with Gasteiger partial charge in [0.1, 0.15) is 5.15 Å². The Morgan fingerprint density at radius 3 is 3.14 bits per heavy atom. The summed E-state index contributed by atoms with van der Waals surface area (Å²) < 4.78 is 0. The first-order valence-electron chi connectivity index (χ1n) is 9.11. The average molecular weight is 420 g/mol. The number of hydrogen-bond acceptors (Lipinski definition) is 6. The van der Waals surface area contributed by atoms with Crippen molar-refractivity contribution in [3.8, 4) is 0 Å². The Balaban J connectivity index is 1.54. The minimum absolute atomic E-state index is 0.00170. The highest BCUT2D eigenvalue weighted by atomic mass is 35.5. The standard InChI is InChI=1S/C19H22ClN5O2S/c1-23(19(26)27)14-4-5-24(11-14)25-10-13-8-22-18(20)7-16(13)17(12-25)21-9-15-3-2-6-28-15/h2-3,6-8,12,14,21H,4-5,9-11H2,1H3,(H,26,27). The number of aromatic nitrogens is 1. The van der Waals surface area contributed by atoms with Crippen LogP contribution < -0.4 is 5.32 Å². The van der Waals surface area contributed by atoms with Gasteiger partial charge in [-0.3, -0.25) is 0 Å². The van der Waals surface area contributed by atoms with Gasteiger partial charge in [0.25, 0.3) is 0 Å². The van der Waals surface area contributed by atoms with Gasteiger partial charge in [-0.15, -0.1) is 11.3 Å². The molecule has 4 heterocycles. The largest absolute Gasteiger partial charge is 0.465 e. The average Bonchev–Trinajstić information content (AvgIpc) is 3.37. The van der Waals surface area contributed by atoms with E-state index in [-0.39, 0.29) is 6.04 Å². The minimum Gasteiger partial charge on any atom is -0.465 e. The fourth-order valence-corrected chi connectivity index (χ4v) is 4.42. The lowest BCUT2D eigenvalue weighted by Gasteiger charge is -2.36. The lowest BCUT2D eigenvalue weighted by Crippen LogP contribution is -2.43. The Morgan fingerprint density at radius 2 is 2.39 bits per heavy atom. The molecule has 1 fully saturated rings. The van der Waals surface area contributed by atoms with Crippen molar-refractivity contribution in [2.45, 2.75) is 25.6 Å². The third-order valence-corrected chi connectivity index (χ3v) is 6.32. The highest BCUT2D eigenvalue weighted by Crippen LogP contribution is 2.29. The van der Waals surface area contributed by atoms with Crippen LogP contribution in [0.2, 0.25) is 5.15 Å². The summed E-state index contributed by atoms with van der Waals surface area (Å²) in [6, 6.07) is 6.04. The molecule has 9 heteroatoms. The zero-order chi connectivity index (χ0) is 19.7. The highest BCUT2D eigenvalue weighted by molar-refractivity contribution is 7.09. The Hall–Kier alpha value is -2.29. The molecule has 2 aromatic heterocycles. The zero-order valence-electron chi connectivity index (χ0n) is 15.5. The second kappa shape index (κ2) is 7.98. The molecule has 1 atom stereocenters. The number of carboxylic acid groups (broad SMARTS) is 1. The van der Waals surface area contributed by atoms with Gasteiger partial charge in [0.2, 0.25) is 0 Å². The van der Waals surface area contributed by atoms with Gasteiger partial charge >= 0.3 is 6.09 Å². The number of nitrogens with one attached hydrogen (secondary N) is 1. The molecule has 0 spiro atoms. The van der Waals surface area contributed by atoms with Crippen LogP contribution >= 0.6 is 22.9 Å². The number of rotatable bonds is 5. The Morgan fingerprint density at radius 1 is 1.54 bits per heavy atom.